The van der Waals surface area contributed by atoms with Gasteiger partial charge in [-0.25, -0.2) is 4.98 Å². The highest BCUT2D eigenvalue weighted by molar-refractivity contribution is 8.00. The molecule has 1 aliphatic rings. The normalized spacial score (nSPS) is 12.0. The van der Waals surface area contributed by atoms with E-state index < -0.39 is 0 Å². The molecule has 1 aromatic heterocycles. The summed E-state index contributed by atoms with van der Waals surface area (Å²) in [5.74, 6) is 1.28. The van der Waals surface area contributed by atoms with Gasteiger partial charge in [-0.3, -0.25) is 4.79 Å². The molecule has 6 nitrogen and oxygen atoms in total. The molecule has 128 valence electrons. The van der Waals surface area contributed by atoms with Crippen molar-refractivity contribution in [3.63, 3.8) is 0 Å². The maximum Gasteiger partial charge on any atom is 0.234 e. The number of thioether (sulfide) groups is 1. The number of aromatic nitrogens is 1. The Kier molecular flexibility index (Phi) is 4.33. The molecule has 26 heavy (non-hydrogen) atoms. The van der Waals surface area contributed by atoms with Crippen molar-refractivity contribution in [2.45, 2.75) is 5.03 Å². The van der Waals surface area contributed by atoms with Gasteiger partial charge in [-0.05, 0) is 24.3 Å². The highest BCUT2D eigenvalue weighted by Crippen LogP contribution is 2.36. The Morgan fingerprint density at radius 2 is 1.96 bits per heavy atom. The number of carbonyl (C=O) groups is 1. The Bertz CT molecular complexity index is 1030. The van der Waals surface area contributed by atoms with Crippen LogP contribution in [0.3, 0.4) is 0 Å². The number of hydrogen-bond donors (Lipinski definition) is 1. The van der Waals surface area contributed by atoms with Gasteiger partial charge in [0.25, 0.3) is 0 Å². The minimum absolute atomic E-state index is 0.155. The van der Waals surface area contributed by atoms with Gasteiger partial charge in [-0.2, -0.15) is 5.26 Å². The standard InChI is InChI=1S/C19H13N3O3S/c20-9-13-6-12-7-16-17(25-11-24-16)8-15(12)22-19(13)26-10-18(23)21-14-4-2-1-3-5-14/h1-8H,10-11H2,(H,21,23). The van der Waals surface area contributed by atoms with Crippen molar-refractivity contribution >= 4 is 34.3 Å². The molecule has 1 N–H and O–H groups in total. The first-order valence-corrected chi connectivity index (χ1v) is 8.84. The molecule has 3 aromatic rings. The number of nitrogens with zero attached hydrogens (tertiary/aromatic N) is 2. The number of nitrogens with one attached hydrogen (secondary N) is 1. The third-order valence-corrected chi connectivity index (χ3v) is 4.78. The van der Waals surface area contributed by atoms with E-state index in [9.17, 15) is 10.1 Å². The zero-order chi connectivity index (χ0) is 17.9. The van der Waals surface area contributed by atoms with E-state index in [1.807, 2.05) is 36.4 Å². The number of rotatable bonds is 4. The summed E-state index contributed by atoms with van der Waals surface area (Å²) in [6.07, 6.45) is 0. The topological polar surface area (TPSA) is 84.2 Å². The van der Waals surface area contributed by atoms with Gasteiger partial charge in [0.2, 0.25) is 12.7 Å². The second-order valence-electron chi connectivity index (χ2n) is 5.55. The van der Waals surface area contributed by atoms with Gasteiger partial charge >= 0.3 is 0 Å². The molecule has 4 rings (SSSR count). The van der Waals surface area contributed by atoms with Crippen LogP contribution in [0.4, 0.5) is 5.69 Å². The summed E-state index contributed by atoms with van der Waals surface area (Å²) in [4.78, 5) is 16.7. The second kappa shape index (κ2) is 6.94. The molecule has 7 heteroatoms. The third-order valence-electron chi connectivity index (χ3n) is 3.79. The van der Waals surface area contributed by atoms with E-state index in [-0.39, 0.29) is 18.5 Å². The molecule has 0 spiro atoms. The summed E-state index contributed by atoms with van der Waals surface area (Å²) in [7, 11) is 0. The lowest BCUT2D eigenvalue weighted by Crippen LogP contribution is -2.14. The molecule has 1 aliphatic heterocycles. The van der Waals surface area contributed by atoms with Crippen LogP contribution in [0.5, 0.6) is 11.5 Å². The lowest BCUT2D eigenvalue weighted by atomic mass is 10.1. The summed E-state index contributed by atoms with van der Waals surface area (Å²) >= 11 is 1.23. The first-order chi connectivity index (χ1) is 12.7. The highest BCUT2D eigenvalue weighted by atomic mass is 32.2. The molecule has 0 bridgehead atoms. The molecule has 0 unspecified atom stereocenters. The number of ether oxygens (including phenoxy) is 2. The van der Waals surface area contributed by atoms with Crippen molar-refractivity contribution in [3.8, 4) is 17.6 Å². The summed E-state index contributed by atoms with van der Waals surface area (Å²) < 4.78 is 10.7. The summed E-state index contributed by atoms with van der Waals surface area (Å²) in [6.45, 7) is 0.179. The lowest BCUT2D eigenvalue weighted by Gasteiger charge is -2.07. The van der Waals surface area contributed by atoms with Crippen LogP contribution in [0.1, 0.15) is 5.56 Å². The van der Waals surface area contributed by atoms with E-state index in [4.69, 9.17) is 9.47 Å². The SMILES string of the molecule is N#Cc1cc2cc3c(cc2nc1SCC(=O)Nc1ccccc1)OCO3. The average Bonchev–Trinajstić information content (AvgIpc) is 3.11. The Hall–Kier alpha value is -3.24. The number of amides is 1. The summed E-state index contributed by atoms with van der Waals surface area (Å²) in [5.41, 5.74) is 1.85. The van der Waals surface area contributed by atoms with Crippen LogP contribution in [-0.2, 0) is 4.79 Å². The number of hydrogen-bond acceptors (Lipinski definition) is 6. The van der Waals surface area contributed by atoms with E-state index in [1.165, 1.54) is 11.8 Å². The first kappa shape index (κ1) is 16.2. The molecule has 1 amide bonds. The molecular formula is C19H13N3O3S. The zero-order valence-corrected chi connectivity index (χ0v) is 14.4. The monoisotopic (exact) mass is 363 g/mol. The van der Waals surface area contributed by atoms with E-state index >= 15 is 0 Å². The molecule has 0 radical (unpaired) electrons. The fourth-order valence-electron chi connectivity index (χ4n) is 2.59. The molecule has 2 aromatic carbocycles. The Morgan fingerprint density at radius 1 is 1.19 bits per heavy atom. The van der Waals surface area contributed by atoms with Crippen molar-refractivity contribution in [3.05, 3.63) is 54.1 Å². The van der Waals surface area contributed by atoms with Crippen molar-refractivity contribution in [1.29, 1.82) is 5.26 Å². The number of carbonyl (C=O) groups excluding carboxylic acids is 1. The number of nitriles is 1. The fourth-order valence-corrected chi connectivity index (χ4v) is 3.35. The molecule has 0 saturated carbocycles. The molecule has 0 atom stereocenters. The molecule has 2 heterocycles. The van der Waals surface area contributed by atoms with Crippen LogP contribution in [0.15, 0.2) is 53.6 Å². The third kappa shape index (κ3) is 3.27. The van der Waals surface area contributed by atoms with E-state index in [1.54, 1.807) is 12.1 Å². The van der Waals surface area contributed by atoms with Crippen molar-refractivity contribution < 1.29 is 14.3 Å². The maximum absolute atomic E-state index is 12.1. The van der Waals surface area contributed by atoms with Gasteiger partial charge < -0.3 is 14.8 Å². The smallest absolute Gasteiger partial charge is 0.234 e. The van der Waals surface area contributed by atoms with Crippen LogP contribution in [0.25, 0.3) is 10.9 Å². The minimum Gasteiger partial charge on any atom is -0.454 e. The van der Waals surface area contributed by atoms with Crippen LogP contribution < -0.4 is 14.8 Å². The Morgan fingerprint density at radius 3 is 2.73 bits per heavy atom. The number of benzene rings is 2. The van der Waals surface area contributed by atoms with E-state index in [2.05, 4.69) is 16.4 Å². The molecule has 0 fully saturated rings. The van der Waals surface area contributed by atoms with Crippen LogP contribution in [0.2, 0.25) is 0 Å². The number of fused-ring (bicyclic) bond motifs is 2. The fraction of sp³-hybridized carbons (Fsp3) is 0.105. The maximum atomic E-state index is 12.1. The van der Waals surface area contributed by atoms with Crippen LogP contribution in [0, 0.1) is 11.3 Å². The predicted molar refractivity (Wildman–Crippen MR) is 98.4 cm³/mol. The van der Waals surface area contributed by atoms with Crippen molar-refractivity contribution in [1.82, 2.24) is 4.98 Å². The second-order valence-corrected chi connectivity index (χ2v) is 6.52. The Balaban J connectivity index is 1.55. The molecular weight excluding hydrogens is 350 g/mol. The first-order valence-electron chi connectivity index (χ1n) is 7.85. The zero-order valence-electron chi connectivity index (χ0n) is 13.6. The van der Waals surface area contributed by atoms with E-state index in [0.717, 1.165) is 11.1 Å². The average molecular weight is 363 g/mol. The summed E-state index contributed by atoms with van der Waals surface area (Å²) in [6, 6.07) is 16.7. The van der Waals surface area contributed by atoms with Crippen molar-refractivity contribution in [2.24, 2.45) is 0 Å². The minimum atomic E-state index is -0.155. The number of anilines is 1. The largest absolute Gasteiger partial charge is 0.454 e. The van der Waals surface area contributed by atoms with Crippen LogP contribution >= 0.6 is 11.8 Å². The number of para-hydroxylation sites is 1. The Labute approximate surface area is 153 Å². The van der Waals surface area contributed by atoms with Gasteiger partial charge in [-0.1, -0.05) is 30.0 Å². The van der Waals surface area contributed by atoms with Crippen LogP contribution in [-0.4, -0.2) is 23.4 Å². The van der Waals surface area contributed by atoms with Gasteiger partial charge in [0.05, 0.1) is 16.8 Å². The summed E-state index contributed by atoms with van der Waals surface area (Å²) in [5, 5.41) is 13.5. The highest BCUT2D eigenvalue weighted by Gasteiger charge is 2.17. The number of pyridine rings is 1. The quantitative estimate of drug-likeness (QED) is 0.714. The van der Waals surface area contributed by atoms with Gasteiger partial charge in [-0.15, -0.1) is 0 Å². The lowest BCUT2D eigenvalue weighted by molar-refractivity contribution is -0.113. The van der Waals surface area contributed by atoms with E-state index in [0.29, 0.717) is 27.6 Å². The van der Waals surface area contributed by atoms with Crippen molar-refractivity contribution in [2.75, 3.05) is 17.9 Å². The predicted octanol–water partition coefficient (Wildman–Crippen LogP) is 3.57. The van der Waals surface area contributed by atoms with Gasteiger partial charge in [0.15, 0.2) is 11.5 Å². The molecule has 0 saturated heterocycles. The van der Waals surface area contributed by atoms with Gasteiger partial charge in [0, 0.05) is 17.1 Å². The molecule has 0 aliphatic carbocycles. The van der Waals surface area contributed by atoms with Gasteiger partial charge in [0.1, 0.15) is 11.1 Å².